The fourth-order valence-electron chi connectivity index (χ4n) is 3.42. The molecular weight excluding hydrogens is 288 g/mol. The quantitative estimate of drug-likeness (QED) is 0.940. The molecule has 120 valence electrons. The molecule has 1 aliphatic carbocycles. The zero-order valence-corrected chi connectivity index (χ0v) is 13.5. The van der Waals surface area contributed by atoms with Crippen molar-refractivity contribution in [2.45, 2.75) is 19.3 Å². The van der Waals surface area contributed by atoms with Gasteiger partial charge in [0.25, 0.3) is 0 Å². The summed E-state index contributed by atoms with van der Waals surface area (Å²) in [4.78, 5) is 12.2. The first-order chi connectivity index (χ1) is 11.3. The minimum Gasteiger partial charge on any atom is -0.497 e. The van der Waals surface area contributed by atoms with E-state index in [-0.39, 0.29) is 0 Å². The van der Waals surface area contributed by atoms with Crippen LogP contribution in [0.15, 0.2) is 24.3 Å². The van der Waals surface area contributed by atoms with E-state index in [1.54, 1.807) is 7.11 Å². The van der Waals surface area contributed by atoms with Crippen LogP contribution >= 0.6 is 0 Å². The first-order valence-electron chi connectivity index (χ1n) is 8.35. The van der Waals surface area contributed by atoms with Crippen LogP contribution in [0.2, 0.25) is 0 Å². The molecule has 5 heteroatoms. The van der Waals surface area contributed by atoms with E-state index in [0.717, 1.165) is 62.0 Å². The molecule has 0 bridgehead atoms. The smallest absolute Gasteiger partial charge is 0.161 e. The molecule has 1 aromatic heterocycles. The second-order valence-electron chi connectivity index (χ2n) is 6.12. The van der Waals surface area contributed by atoms with Crippen molar-refractivity contribution in [1.82, 2.24) is 15.3 Å². The van der Waals surface area contributed by atoms with Gasteiger partial charge in [-0.05, 0) is 43.5 Å². The lowest BCUT2D eigenvalue weighted by molar-refractivity contribution is 0.415. The maximum absolute atomic E-state index is 5.24. The van der Waals surface area contributed by atoms with E-state index in [9.17, 15) is 0 Å². The lowest BCUT2D eigenvalue weighted by atomic mass is 10.1. The van der Waals surface area contributed by atoms with Crippen molar-refractivity contribution in [2.75, 3.05) is 38.2 Å². The fraction of sp³-hybridized carbons (Fsp3) is 0.444. The van der Waals surface area contributed by atoms with Gasteiger partial charge in [-0.1, -0.05) is 0 Å². The highest BCUT2D eigenvalue weighted by molar-refractivity contribution is 5.62. The third-order valence-electron chi connectivity index (χ3n) is 4.68. The molecule has 4 rings (SSSR count). The number of nitrogens with zero attached hydrogens (tertiary/aromatic N) is 3. The molecule has 5 nitrogen and oxygen atoms in total. The van der Waals surface area contributed by atoms with Crippen LogP contribution in [-0.2, 0) is 12.8 Å². The largest absolute Gasteiger partial charge is 0.497 e. The summed E-state index contributed by atoms with van der Waals surface area (Å²) in [7, 11) is 1.68. The summed E-state index contributed by atoms with van der Waals surface area (Å²) in [5.74, 6) is 2.85. The van der Waals surface area contributed by atoms with Gasteiger partial charge >= 0.3 is 0 Å². The number of anilines is 1. The van der Waals surface area contributed by atoms with E-state index in [0.29, 0.717) is 0 Å². The van der Waals surface area contributed by atoms with Gasteiger partial charge in [-0.2, -0.15) is 0 Å². The molecule has 2 heterocycles. The van der Waals surface area contributed by atoms with Crippen LogP contribution in [0.1, 0.15) is 17.7 Å². The Balaban J connectivity index is 1.75. The highest BCUT2D eigenvalue weighted by atomic mass is 16.5. The number of methoxy groups -OCH3 is 1. The van der Waals surface area contributed by atoms with Crippen LogP contribution in [0.4, 0.5) is 5.82 Å². The van der Waals surface area contributed by atoms with Crippen LogP contribution < -0.4 is 15.0 Å². The van der Waals surface area contributed by atoms with Crippen molar-refractivity contribution in [3.8, 4) is 17.1 Å². The second kappa shape index (κ2) is 6.16. The summed E-state index contributed by atoms with van der Waals surface area (Å²) in [6, 6.07) is 8.01. The van der Waals surface area contributed by atoms with Gasteiger partial charge in [-0.3, -0.25) is 0 Å². The third kappa shape index (κ3) is 2.77. The van der Waals surface area contributed by atoms with Crippen LogP contribution in [0.25, 0.3) is 11.4 Å². The highest BCUT2D eigenvalue weighted by Gasteiger charge is 2.24. The minimum atomic E-state index is 0.835. The number of hydrogen-bond donors (Lipinski definition) is 1. The summed E-state index contributed by atoms with van der Waals surface area (Å²) >= 11 is 0. The number of rotatable bonds is 3. The molecule has 0 radical (unpaired) electrons. The number of benzene rings is 1. The van der Waals surface area contributed by atoms with Crippen LogP contribution in [0, 0.1) is 0 Å². The average Bonchev–Trinajstić information content (AvgIpc) is 3.10. The Bertz CT molecular complexity index is 693. The number of aryl methyl sites for hydroxylation is 1. The standard InChI is InChI=1S/C18H22N4O/c1-23-14-7-5-13(6-8-14)17-20-16-4-2-3-15(16)18(21-17)22-11-9-19-10-12-22/h5-8,19H,2-4,9-12H2,1H3. The summed E-state index contributed by atoms with van der Waals surface area (Å²) in [5, 5.41) is 3.41. The first kappa shape index (κ1) is 14.5. The molecule has 0 spiro atoms. The second-order valence-corrected chi connectivity index (χ2v) is 6.12. The Morgan fingerprint density at radius 2 is 1.83 bits per heavy atom. The van der Waals surface area contributed by atoms with Crippen molar-refractivity contribution >= 4 is 5.82 Å². The lowest BCUT2D eigenvalue weighted by Crippen LogP contribution is -2.44. The molecule has 23 heavy (non-hydrogen) atoms. The minimum absolute atomic E-state index is 0.835. The van der Waals surface area contributed by atoms with Gasteiger partial charge in [0, 0.05) is 43.0 Å². The van der Waals surface area contributed by atoms with Gasteiger partial charge in [0.05, 0.1) is 7.11 Å². The molecular formula is C18H22N4O. The molecule has 0 unspecified atom stereocenters. The van der Waals surface area contributed by atoms with Gasteiger partial charge in [0.2, 0.25) is 0 Å². The van der Waals surface area contributed by atoms with Gasteiger partial charge in [0.15, 0.2) is 5.82 Å². The van der Waals surface area contributed by atoms with E-state index in [1.165, 1.54) is 17.7 Å². The van der Waals surface area contributed by atoms with Crippen LogP contribution in [0.3, 0.4) is 0 Å². The SMILES string of the molecule is COc1ccc(-c2nc3c(c(N4CCNCC4)n2)CCC3)cc1. The number of nitrogens with one attached hydrogen (secondary N) is 1. The topological polar surface area (TPSA) is 50.3 Å². The van der Waals surface area contributed by atoms with Gasteiger partial charge < -0.3 is 15.0 Å². The molecule has 1 aliphatic heterocycles. The fourth-order valence-corrected chi connectivity index (χ4v) is 3.42. The molecule has 1 fully saturated rings. The van der Waals surface area contributed by atoms with Crippen molar-refractivity contribution in [1.29, 1.82) is 0 Å². The Kier molecular flexibility index (Phi) is 3.87. The predicted molar refractivity (Wildman–Crippen MR) is 91.1 cm³/mol. The number of hydrogen-bond acceptors (Lipinski definition) is 5. The number of ether oxygens (including phenoxy) is 1. The third-order valence-corrected chi connectivity index (χ3v) is 4.68. The molecule has 0 amide bonds. The zero-order chi connectivity index (χ0) is 15.6. The van der Waals surface area contributed by atoms with Crippen molar-refractivity contribution in [3.63, 3.8) is 0 Å². The van der Waals surface area contributed by atoms with E-state index < -0.39 is 0 Å². The normalized spacial score (nSPS) is 17.2. The van der Waals surface area contributed by atoms with E-state index in [2.05, 4.69) is 10.2 Å². The highest BCUT2D eigenvalue weighted by Crippen LogP contribution is 2.32. The Hall–Kier alpha value is -2.14. The van der Waals surface area contributed by atoms with E-state index in [4.69, 9.17) is 14.7 Å². The number of piperazine rings is 1. The maximum atomic E-state index is 5.24. The Labute approximate surface area is 136 Å². The van der Waals surface area contributed by atoms with Crippen molar-refractivity contribution < 1.29 is 4.74 Å². The molecule has 0 saturated carbocycles. The molecule has 1 N–H and O–H groups in total. The monoisotopic (exact) mass is 310 g/mol. The summed E-state index contributed by atoms with van der Waals surface area (Å²) in [5.41, 5.74) is 3.65. The van der Waals surface area contributed by atoms with Crippen LogP contribution in [-0.4, -0.2) is 43.3 Å². The molecule has 1 saturated heterocycles. The predicted octanol–water partition coefficient (Wildman–Crippen LogP) is 2.05. The number of aromatic nitrogens is 2. The van der Waals surface area contributed by atoms with Gasteiger partial charge in [-0.25, -0.2) is 9.97 Å². The Morgan fingerprint density at radius 1 is 1.04 bits per heavy atom. The lowest BCUT2D eigenvalue weighted by Gasteiger charge is -2.30. The van der Waals surface area contributed by atoms with E-state index in [1.807, 2.05) is 24.3 Å². The summed E-state index contributed by atoms with van der Waals surface area (Å²) in [6.45, 7) is 4.09. The number of fused-ring (bicyclic) bond motifs is 1. The van der Waals surface area contributed by atoms with Gasteiger partial charge in [0.1, 0.15) is 11.6 Å². The molecule has 0 atom stereocenters. The first-order valence-corrected chi connectivity index (χ1v) is 8.35. The van der Waals surface area contributed by atoms with Crippen molar-refractivity contribution in [2.24, 2.45) is 0 Å². The molecule has 2 aromatic rings. The molecule has 1 aromatic carbocycles. The zero-order valence-electron chi connectivity index (χ0n) is 13.5. The van der Waals surface area contributed by atoms with E-state index >= 15 is 0 Å². The Morgan fingerprint density at radius 3 is 2.57 bits per heavy atom. The van der Waals surface area contributed by atoms with Crippen molar-refractivity contribution in [3.05, 3.63) is 35.5 Å². The average molecular weight is 310 g/mol. The van der Waals surface area contributed by atoms with Crippen LogP contribution in [0.5, 0.6) is 5.75 Å². The summed E-state index contributed by atoms with van der Waals surface area (Å²) in [6.07, 6.45) is 3.37. The molecule has 2 aliphatic rings. The van der Waals surface area contributed by atoms with Gasteiger partial charge in [-0.15, -0.1) is 0 Å². The summed E-state index contributed by atoms with van der Waals surface area (Å²) < 4.78 is 5.24. The maximum Gasteiger partial charge on any atom is 0.161 e.